The number of rotatable bonds is 4. The Morgan fingerprint density at radius 2 is 1.66 bits per heavy atom. The van der Waals surface area contributed by atoms with Crippen LogP contribution in [0.25, 0.3) is 0 Å². The van der Waals surface area contributed by atoms with Gasteiger partial charge in [0.25, 0.3) is 5.91 Å². The summed E-state index contributed by atoms with van der Waals surface area (Å²) < 4.78 is 27.3. The van der Waals surface area contributed by atoms with Gasteiger partial charge >= 0.3 is 0 Å². The van der Waals surface area contributed by atoms with Crippen molar-refractivity contribution in [1.82, 2.24) is 4.98 Å². The van der Waals surface area contributed by atoms with Crippen LogP contribution < -0.4 is 15.1 Å². The molecule has 0 atom stereocenters. The molecule has 1 saturated heterocycles. The maximum Gasteiger partial charge on any atom is 0.257 e. The van der Waals surface area contributed by atoms with Gasteiger partial charge in [0.2, 0.25) is 0 Å². The minimum Gasteiger partial charge on any atom is -0.367 e. The number of para-hydroxylation sites is 1. The summed E-state index contributed by atoms with van der Waals surface area (Å²) in [7, 11) is 0. The van der Waals surface area contributed by atoms with Crippen LogP contribution in [-0.4, -0.2) is 37.1 Å². The van der Waals surface area contributed by atoms with Crippen molar-refractivity contribution in [2.24, 2.45) is 0 Å². The fourth-order valence-electron chi connectivity index (χ4n) is 3.41. The molecule has 7 heteroatoms. The van der Waals surface area contributed by atoms with E-state index in [4.69, 9.17) is 0 Å². The van der Waals surface area contributed by atoms with Gasteiger partial charge in [0.05, 0.1) is 23.1 Å². The average molecular weight is 394 g/mol. The molecule has 0 unspecified atom stereocenters. The van der Waals surface area contributed by atoms with Gasteiger partial charge in [-0.15, -0.1) is 0 Å². The third-order valence-electron chi connectivity index (χ3n) is 4.91. The van der Waals surface area contributed by atoms with E-state index >= 15 is 0 Å². The fourth-order valence-corrected chi connectivity index (χ4v) is 3.41. The predicted octanol–water partition coefficient (Wildman–Crippen LogP) is 3.94. The van der Waals surface area contributed by atoms with E-state index in [0.29, 0.717) is 43.1 Å². The minimum absolute atomic E-state index is 0.223. The standard InChI is InChI=1S/C22H20F2N4O/c23-17-4-3-5-18(13-17)26-22(29)16-12-19(15-25-14-16)27-8-10-28(11-9-27)21-7-2-1-6-20(21)24/h1-7,12-15H,8-11H2,(H,26,29). The minimum atomic E-state index is -0.414. The third kappa shape index (κ3) is 4.34. The Labute approximate surface area is 167 Å². The topological polar surface area (TPSA) is 48.5 Å². The van der Waals surface area contributed by atoms with Gasteiger partial charge in [-0.1, -0.05) is 18.2 Å². The maximum atomic E-state index is 14.0. The van der Waals surface area contributed by atoms with Gasteiger partial charge in [-0.3, -0.25) is 9.78 Å². The van der Waals surface area contributed by atoms with Crippen molar-refractivity contribution in [2.75, 3.05) is 41.3 Å². The lowest BCUT2D eigenvalue weighted by atomic mass is 10.2. The zero-order chi connectivity index (χ0) is 20.2. The van der Waals surface area contributed by atoms with Crippen LogP contribution in [0.2, 0.25) is 0 Å². The van der Waals surface area contributed by atoms with E-state index in [2.05, 4.69) is 15.2 Å². The molecule has 1 amide bonds. The van der Waals surface area contributed by atoms with E-state index in [0.717, 1.165) is 5.69 Å². The van der Waals surface area contributed by atoms with E-state index in [1.54, 1.807) is 30.5 Å². The van der Waals surface area contributed by atoms with Crippen molar-refractivity contribution in [3.05, 3.63) is 84.2 Å². The van der Waals surface area contributed by atoms with E-state index < -0.39 is 5.82 Å². The lowest BCUT2D eigenvalue weighted by Gasteiger charge is -2.37. The van der Waals surface area contributed by atoms with Crippen LogP contribution in [0.1, 0.15) is 10.4 Å². The maximum absolute atomic E-state index is 14.0. The number of nitrogens with zero attached hydrogens (tertiary/aromatic N) is 3. The number of hydrogen-bond acceptors (Lipinski definition) is 4. The first kappa shape index (κ1) is 18.9. The normalized spacial score (nSPS) is 14.0. The number of aromatic nitrogens is 1. The number of amides is 1. The van der Waals surface area contributed by atoms with Crippen molar-refractivity contribution in [1.29, 1.82) is 0 Å². The number of carbonyl (C=O) groups is 1. The van der Waals surface area contributed by atoms with Crippen molar-refractivity contribution >= 4 is 23.0 Å². The van der Waals surface area contributed by atoms with Crippen molar-refractivity contribution in [2.45, 2.75) is 0 Å². The third-order valence-corrected chi connectivity index (χ3v) is 4.91. The molecule has 2 heterocycles. The van der Waals surface area contributed by atoms with Crippen LogP contribution in [0.3, 0.4) is 0 Å². The van der Waals surface area contributed by atoms with E-state index in [1.807, 2.05) is 11.0 Å². The molecule has 3 aromatic rings. The van der Waals surface area contributed by atoms with E-state index in [9.17, 15) is 13.6 Å². The first-order valence-corrected chi connectivity index (χ1v) is 9.36. The van der Waals surface area contributed by atoms with Gasteiger partial charge < -0.3 is 15.1 Å². The molecule has 0 bridgehead atoms. The largest absolute Gasteiger partial charge is 0.367 e. The number of pyridine rings is 1. The van der Waals surface area contributed by atoms with Gasteiger partial charge in [0, 0.05) is 38.1 Å². The SMILES string of the molecule is O=C(Nc1cccc(F)c1)c1cncc(N2CCN(c3ccccc3F)CC2)c1. The predicted molar refractivity (Wildman–Crippen MR) is 109 cm³/mol. The second kappa shape index (κ2) is 8.26. The highest BCUT2D eigenvalue weighted by atomic mass is 19.1. The van der Waals surface area contributed by atoms with Gasteiger partial charge in [0.15, 0.2) is 0 Å². The summed E-state index contributed by atoms with van der Waals surface area (Å²) in [4.78, 5) is 20.8. The number of piperazine rings is 1. The highest BCUT2D eigenvalue weighted by Gasteiger charge is 2.20. The summed E-state index contributed by atoms with van der Waals surface area (Å²) in [6, 6.07) is 14.3. The Morgan fingerprint density at radius 3 is 2.41 bits per heavy atom. The van der Waals surface area contributed by atoms with Crippen LogP contribution in [0.15, 0.2) is 67.0 Å². The first-order chi connectivity index (χ1) is 14.1. The van der Waals surface area contributed by atoms with Crippen molar-refractivity contribution in [3.63, 3.8) is 0 Å². The van der Waals surface area contributed by atoms with Gasteiger partial charge in [-0.05, 0) is 36.4 Å². The van der Waals surface area contributed by atoms with Crippen LogP contribution in [0.5, 0.6) is 0 Å². The Hall–Kier alpha value is -3.48. The van der Waals surface area contributed by atoms with E-state index in [-0.39, 0.29) is 11.7 Å². The molecule has 5 nitrogen and oxygen atoms in total. The van der Waals surface area contributed by atoms with Crippen molar-refractivity contribution < 1.29 is 13.6 Å². The lowest BCUT2D eigenvalue weighted by Crippen LogP contribution is -2.46. The molecule has 1 aliphatic rings. The number of anilines is 3. The summed E-state index contributed by atoms with van der Waals surface area (Å²) >= 11 is 0. The fraction of sp³-hybridized carbons (Fsp3) is 0.182. The number of hydrogen-bond donors (Lipinski definition) is 1. The molecular weight excluding hydrogens is 374 g/mol. The average Bonchev–Trinajstić information content (AvgIpc) is 2.74. The molecular formula is C22H20F2N4O. The number of halogens is 2. The Morgan fingerprint density at radius 1 is 0.897 bits per heavy atom. The Bertz CT molecular complexity index is 1020. The molecule has 0 saturated carbocycles. The zero-order valence-electron chi connectivity index (χ0n) is 15.7. The molecule has 148 valence electrons. The second-order valence-electron chi connectivity index (χ2n) is 6.82. The molecule has 1 aliphatic heterocycles. The quantitative estimate of drug-likeness (QED) is 0.728. The Kier molecular flexibility index (Phi) is 5.37. The highest BCUT2D eigenvalue weighted by Crippen LogP contribution is 2.23. The molecule has 4 rings (SSSR count). The van der Waals surface area contributed by atoms with Crippen LogP contribution >= 0.6 is 0 Å². The number of nitrogens with one attached hydrogen (secondary N) is 1. The monoisotopic (exact) mass is 394 g/mol. The molecule has 1 aromatic heterocycles. The summed E-state index contributed by atoms with van der Waals surface area (Å²) in [5, 5.41) is 2.68. The van der Waals surface area contributed by atoms with Crippen LogP contribution in [0.4, 0.5) is 25.8 Å². The van der Waals surface area contributed by atoms with Crippen LogP contribution in [0, 0.1) is 11.6 Å². The molecule has 1 fully saturated rings. The lowest BCUT2D eigenvalue weighted by molar-refractivity contribution is 0.102. The summed E-state index contributed by atoms with van der Waals surface area (Å²) in [6.07, 6.45) is 3.19. The van der Waals surface area contributed by atoms with Crippen molar-refractivity contribution in [3.8, 4) is 0 Å². The van der Waals surface area contributed by atoms with Crippen LogP contribution in [-0.2, 0) is 0 Å². The highest BCUT2D eigenvalue weighted by molar-refractivity contribution is 6.04. The van der Waals surface area contributed by atoms with Gasteiger partial charge in [-0.2, -0.15) is 0 Å². The van der Waals surface area contributed by atoms with Gasteiger partial charge in [-0.25, -0.2) is 8.78 Å². The molecule has 29 heavy (non-hydrogen) atoms. The Balaban J connectivity index is 1.43. The first-order valence-electron chi connectivity index (χ1n) is 9.36. The molecule has 1 N–H and O–H groups in total. The molecule has 2 aromatic carbocycles. The molecule has 0 radical (unpaired) electrons. The number of benzene rings is 2. The molecule has 0 aliphatic carbocycles. The summed E-state index contributed by atoms with van der Waals surface area (Å²) in [5.74, 6) is -0.990. The molecule has 0 spiro atoms. The second-order valence-corrected chi connectivity index (χ2v) is 6.82. The van der Waals surface area contributed by atoms with E-state index in [1.165, 1.54) is 30.5 Å². The number of carbonyl (C=O) groups excluding carboxylic acids is 1. The van der Waals surface area contributed by atoms with Gasteiger partial charge in [0.1, 0.15) is 11.6 Å². The summed E-state index contributed by atoms with van der Waals surface area (Å²) in [5.41, 5.74) is 2.21. The zero-order valence-corrected chi connectivity index (χ0v) is 15.7. The summed E-state index contributed by atoms with van der Waals surface area (Å²) in [6.45, 7) is 2.71. The smallest absolute Gasteiger partial charge is 0.257 e.